The second kappa shape index (κ2) is 7.31. The van der Waals surface area contributed by atoms with Gasteiger partial charge in [0.15, 0.2) is 0 Å². The van der Waals surface area contributed by atoms with Crippen molar-refractivity contribution >= 4 is 5.82 Å². The van der Waals surface area contributed by atoms with Gasteiger partial charge in [-0.15, -0.1) is 0 Å². The predicted molar refractivity (Wildman–Crippen MR) is 72.4 cm³/mol. The van der Waals surface area contributed by atoms with E-state index in [1.807, 2.05) is 7.05 Å². The number of aromatic nitrogens is 2. The van der Waals surface area contributed by atoms with Crippen LogP contribution in [0.1, 0.15) is 44.2 Å². The Morgan fingerprint density at radius 3 is 2.56 bits per heavy atom. The zero-order valence-electron chi connectivity index (χ0n) is 11.2. The highest BCUT2D eigenvalue weighted by Gasteiger charge is 2.12. The van der Waals surface area contributed by atoms with Gasteiger partial charge >= 0.3 is 0 Å². The zero-order valence-corrected chi connectivity index (χ0v) is 11.2. The molecule has 0 atom stereocenters. The maximum absolute atomic E-state index is 5.77. The van der Waals surface area contributed by atoms with Crippen molar-refractivity contribution in [2.45, 2.75) is 45.1 Å². The molecule has 2 rings (SSSR count). The maximum atomic E-state index is 5.77. The van der Waals surface area contributed by atoms with Crippen LogP contribution in [0.2, 0.25) is 0 Å². The third-order valence-electron chi connectivity index (χ3n) is 3.54. The van der Waals surface area contributed by atoms with Crippen molar-refractivity contribution in [3.05, 3.63) is 18.1 Å². The average Bonchev–Trinajstić information content (AvgIpc) is 2.68. The molecule has 100 valence electrons. The largest absolute Gasteiger partial charge is 0.375 e. The lowest BCUT2D eigenvalue weighted by Crippen LogP contribution is -2.09. The van der Waals surface area contributed by atoms with E-state index in [0.29, 0.717) is 6.61 Å². The molecule has 0 amide bonds. The van der Waals surface area contributed by atoms with Gasteiger partial charge in [0.1, 0.15) is 5.82 Å². The van der Waals surface area contributed by atoms with Crippen LogP contribution in [0, 0.1) is 5.92 Å². The first kappa shape index (κ1) is 13.3. The molecule has 0 bridgehead atoms. The second-order valence-corrected chi connectivity index (χ2v) is 5.02. The SMILES string of the molecule is CNc1cnc(COCC2CCCCCC2)cn1. The molecule has 1 N–H and O–H groups in total. The van der Waals surface area contributed by atoms with E-state index in [0.717, 1.165) is 24.0 Å². The number of anilines is 1. The van der Waals surface area contributed by atoms with E-state index >= 15 is 0 Å². The molecule has 0 saturated heterocycles. The van der Waals surface area contributed by atoms with E-state index in [1.165, 1.54) is 38.5 Å². The summed E-state index contributed by atoms with van der Waals surface area (Å²) >= 11 is 0. The van der Waals surface area contributed by atoms with Crippen LogP contribution in [0.25, 0.3) is 0 Å². The third-order valence-corrected chi connectivity index (χ3v) is 3.54. The van der Waals surface area contributed by atoms with Gasteiger partial charge in [-0.1, -0.05) is 25.7 Å². The van der Waals surface area contributed by atoms with Gasteiger partial charge in [-0.05, 0) is 18.8 Å². The Morgan fingerprint density at radius 1 is 1.17 bits per heavy atom. The summed E-state index contributed by atoms with van der Waals surface area (Å²) in [5, 5.41) is 2.95. The number of ether oxygens (including phenoxy) is 1. The fourth-order valence-electron chi connectivity index (χ4n) is 2.42. The molecule has 1 saturated carbocycles. The number of hydrogen-bond acceptors (Lipinski definition) is 4. The van der Waals surface area contributed by atoms with E-state index in [-0.39, 0.29) is 0 Å². The second-order valence-electron chi connectivity index (χ2n) is 5.02. The van der Waals surface area contributed by atoms with Crippen LogP contribution in [0.3, 0.4) is 0 Å². The number of nitrogens with zero attached hydrogens (tertiary/aromatic N) is 2. The van der Waals surface area contributed by atoms with Crippen LogP contribution in [-0.4, -0.2) is 23.6 Å². The molecule has 0 unspecified atom stereocenters. The van der Waals surface area contributed by atoms with E-state index < -0.39 is 0 Å². The van der Waals surface area contributed by atoms with Crippen molar-refractivity contribution in [2.24, 2.45) is 5.92 Å². The molecule has 1 aromatic rings. The van der Waals surface area contributed by atoms with Gasteiger partial charge in [-0.25, -0.2) is 4.98 Å². The Balaban J connectivity index is 1.70. The Hall–Kier alpha value is -1.16. The standard InChI is InChI=1S/C14H23N3O/c1-15-14-9-16-13(8-17-14)11-18-10-12-6-4-2-3-5-7-12/h8-9,12H,2-7,10-11H2,1H3,(H,15,17). The van der Waals surface area contributed by atoms with Crippen molar-refractivity contribution in [1.82, 2.24) is 9.97 Å². The van der Waals surface area contributed by atoms with Crippen molar-refractivity contribution in [1.29, 1.82) is 0 Å². The molecule has 18 heavy (non-hydrogen) atoms. The summed E-state index contributed by atoms with van der Waals surface area (Å²) < 4.78 is 5.77. The third kappa shape index (κ3) is 4.26. The lowest BCUT2D eigenvalue weighted by molar-refractivity contribution is 0.0797. The van der Waals surface area contributed by atoms with Gasteiger partial charge in [-0.2, -0.15) is 0 Å². The van der Waals surface area contributed by atoms with Crippen LogP contribution < -0.4 is 5.32 Å². The molecule has 4 nitrogen and oxygen atoms in total. The van der Waals surface area contributed by atoms with E-state index in [4.69, 9.17) is 4.74 Å². The van der Waals surface area contributed by atoms with Gasteiger partial charge in [0, 0.05) is 13.7 Å². The van der Waals surface area contributed by atoms with Gasteiger partial charge in [-0.3, -0.25) is 4.98 Å². The minimum atomic E-state index is 0.577. The van der Waals surface area contributed by atoms with Gasteiger partial charge < -0.3 is 10.1 Å². The summed E-state index contributed by atoms with van der Waals surface area (Å²) in [5.74, 6) is 1.54. The molecule has 0 aromatic carbocycles. The molecule has 0 aliphatic heterocycles. The van der Waals surface area contributed by atoms with Crippen LogP contribution in [0.15, 0.2) is 12.4 Å². The molecular formula is C14H23N3O. The van der Waals surface area contributed by atoms with Crippen molar-refractivity contribution < 1.29 is 4.74 Å². The van der Waals surface area contributed by atoms with Crippen molar-refractivity contribution in [3.63, 3.8) is 0 Å². The van der Waals surface area contributed by atoms with Crippen LogP contribution in [-0.2, 0) is 11.3 Å². The minimum Gasteiger partial charge on any atom is -0.375 e. The quantitative estimate of drug-likeness (QED) is 0.815. The first-order valence-electron chi connectivity index (χ1n) is 6.95. The average molecular weight is 249 g/mol. The molecule has 1 aliphatic rings. The highest BCUT2D eigenvalue weighted by molar-refractivity contribution is 5.29. The summed E-state index contributed by atoms with van der Waals surface area (Å²) in [4.78, 5) is 8.52. The summed E-state index contributed by atoms with van der Waals surface area (Å²) in [6.45, 7) is 1.45. The highest BCUT2D eigenvalue weighted by Crippen LogP contribution is 2.23. The molecule has 0 radical (unpaired) electrons. The summed E-state index contributed by atoms with van der Waals surface area (Å²) in [7, 11) is 1.84. The summed E-state index contributed by atoms with van der Waals surface area (Å²) in [5.41, 5.74) is 0.905. The zero-order chi connectivity index (χ0) is 12.6. The first-order chi connectivity index (χ1) is 8.88. The van der Waals surface area contributed by atoms with Gasteiger partial charge in [0.25, 0.3) is 0 Å². The lowest BCUT2D eigenvalue weighted by Gasteiger charge is -2.13. The Morgan fingerprint density at radius 2 is 1.94 bits per heavy atom. The minimum absolute atomic E-state index is 0.577. The highest BCUT2D eigenvalue weighted by atomic mass is 16.5. The summed E-state index contributed by atoms with van der Waals surface area (Å²) in [6, 6.07) is 0. The lowest BCUT2D eigenvalue weighted by atomic mass is 10.0. The molecular weight excluding hydrogens is 226 g/mol. The number of rotatable bonds is 5. The molecule has 0 spiro atoms. The van der Waals surface area contributed by atoms with Crippen molar-refractivity contribution in [3.8, 4) is 0 Å². The van der Waals surface area contributed by atoms with Crippen LogP contribution in [0.5, 0.6) is 0 Å². The molecule has 1 aromatic heterocycles. The van der Waals surface area contributed by atoms with E-state index in [2.05, 4.69) is 15.3 Å². The molecule has 4 heteroatoms. The fraction of sp³-hybridized carbons (Fsp3) is 0.714. The smallest absolute Gasteiger partial charge is 0.144 e. The maximum Gasteiger partial charge on any atom is 0.144 e. The molecule has 1 heterocycles. The Labute approximate surface area is 109 Å². The normalized spacial score (nSPS) is 17.4. The van der Waals surface area contributed by atoms with Crippen LogP contribution in [0.4, 0.5) is 5.82 Å². The predicted octanol–water partition coefficient (Wildman–Crippen LogP) is 3.01. The molecule has 1 fully saturated rings. The number of nitrogens with one attached hydrogen (secondary N) is 1. The fourth-order valence-corrected chi connectivity index (χ4v) is 2.42. The van der Waals surface area contributed by atoms with Crippen LogP contribution >= 0.6 is 0 Å². The number of hydrogen-bond donors (Lipinski definition) is 1. The van der Waals surface area contributed by atoms with E-state index in [9.17, 15) is 0 Å². The first-order valence-corrected chi connectivity index (χ1v) is 6.95. The summed E-state index contributed by atoms with van der Waals surface area (Å²) in [6.07, 6.45) is 11.7. The Kier molecular flexibility index (Phi) is 5.39. The topological polar surface area (TPSA) is 47.0 Å². The monoisotopic (exact) mass is 249 g/mol. The van der Waals surface area contributed by atoms with E-state index in [1.54, 1.807) is 12.4 Å². The van der Waals surface area contributed by atoms with Gasteiger partial charge in [0.2, 0.25) is 0 Å². The Bertz CT molecular complexity index is 331. The van der Waals surface area contributed by atoms with Crippen molar-refractivity contribution in [2.75, 3.05) is 19.0 Å². The molecule has 1 aliphatic carbocycles. The van der Waals surface area contributed by atoms with Gasteiger partial charge in [0.05, 0.1) is 24.7 Å².